The monoisotopic (exact) mass is 377 g/mol. The van der Waals surface area contributed by atoms with Crippen LogP contribution in [0.25, 0.3) is 0 Å². The third-order valence-electron chi connectivity index (χ3n) is 4.11. The van der Waals surface area contributed by atoms with E-state index in [0.717, 1.165) is 18.4 Å². The van der Waals surface area contributed by atoms with Crippen LogP contribution in [0.3, 0.4) is 0 Å². The maximum Gasteiger partial charge on any atom is 0.412 e. The van der Waals surface area contributed by atoms with Crippen molar-refractivity contribution in [1.82, 2.24) is 15.2 Å². The minimum atomic E-state index is -1.04. The lowest BCUT2D eigenvalue weighted by molar-refractivity contribution is -0.0337. The summed E-state index contributed by atoms with van der Waals surface area (Å²) in [5.74, 6) is 0. The van der Waals surface area contributed by atoms with Crippen molar-refractivity contribution in [3.8, 4) is 0 Å². The minimum Gasteiger partial charge on any atom is -0.444 e. The number of aromatic nitrogens is 1. The lowest BCUT2D eigenvalue weighted by Gasteiger charge is -2.47. The van der Waals surface area contributed by atoms with Crippen LogP contribution in [0.2, 0.25) is 0 Å². The first-order valence-electron chi connectivity index (χ1n) is 9.35. The van der Waals surface area contributed by atoms with Gasteiger partial charge in [-0.3, -0.25) is 15.2 Å². The molecule has 1 aliphatic rings. The number of nitrogens with one attached hydrogen (secondary N) is 1. The van der Waals surface area contributed by atoms with Crippen molar-refractivity contribution in [2.75, 3.05) is 6.54 Å². The Kier molecular flexibility index (Phi) is 6.02. The highest BCUT2D eigenvalue weighted by Crippen LogP contribution is 2.36. The van der Waals surface area contributed by atoms with Gasteiger partial charge in [-0.2, -0.15) is 0 Å². The van der Waals surface area contributed by atoms with Gasteiger partial charge < -0.3 is 9.47 Å². The van der Waals surface area contributed by atoms with Crippen LogP contribution in [-0.2, 0) is 15.1 Å². The van der Waals surface area contributed by atoms with E-state index in [4.69, 9.17) is 9.47 Å². The third-order valence-corrected chi connectivity index (χ3v) is 4.11. The molecular weight excluding hydrogens is 346 g/mol. The van der Waals surface area contributed by atoms with E-state index < -0.39 is 29.1 Å². The molecule has 27 heavy (non-hydrogen) atoms. The number of likely N-dealkylation sites (tertiary alicyclic amines) is 1. The smallest absolute Gasteiger partial charge is 0.412 e. The van der Waals surface area contributed by atoms with E-state index in [1.165, 1.54) is 0 Å². The molecule has 0 spiro atoms. The Balaban J connectivity index is 2.42. The van der Waals surface area contributed by atoms with Gasteiger partial charge in [0.1, 0.15) is 16.9 Å². The molecule has 2 rings (SSSR count). The molecule has 1 unspecified atom stereocenters. The standard InChI is InChI=1S/C20H31N3O4/c1-18(2,3)26-16(24)22-20(15-9-12-21-13-10-15)11-7-8-14-23(20)17(25)27-19(4,5)6/h9-10,12-13H,7-8,11,14H2,1-6H3,(H,22,24). The summed E-state index contributed by atoms with van der Waals surface area (Å²) in [6, 6.07) is 3.61. The van der Waals surface area contributed by atoms with Crippen LogP contribution >= 0.6 is 0 Å². The van der Waals surface area contributed by atoms with Crippen molar-refractivity contribution in [3.05, 3.63) is 30.1 Å². The number of hydrogen-bond acceptors (Lipinski definition) is 5. The second-order valence-electron chi connectivity index (χ2n) is 8.81. The average molecular weight is 377 g/mol. The molecule has 2 amide bonds. The molecule has 1 aromatic rings. The Morgan fingerprint density at radius 3 is 2.19 bits per heavy atom. The Hall–Kier alpha value is -2.31. The van der Waals surface area contributed by atoms with Crippen LogP contribution in [0, 0.1) is 0 Å². The summed E-state index contributed by atoms with van der Waals surface area (Å²) in [5, 5.41) is 2.96. The zero-order valence-corrected chi connectivity index (χ0v) is 17.2. The largest absolute Gasteiger partial charge is 0.444 e. The van der Waals surface area contributed by atoms with Crippen LogP contribution < -0.4 is 5.32 Å². The number of pyridine rings is 1. The first-order chi connectivity index (χ1) is 12.4. The fourth-order valence-electron chi connectivity index (χ4n) is 3.14. The van der Waals surface area contributed by atoms with Gasteiger partial charge in [0.25, 0.3) is 0 Å². The summed E-state index contributed by atoms with van der Waals surface area (Å²) in [6.07, 6.45) is 4.52. The second-order valence-corrected chi connectivity index (χ2v) is 8.81. The van der Waals surface area contributed by atoms with Gasteiger partial charge in [0.15, 0.2) is 0 Å². The molecule has 0 radical (unpaired) electrons. The van der Waals surface area contributed by atoms with Gasteiger partial charge in [-0.05, 0) is 72.9 Å². The lowest BCUT2D eigenvalue weighted by atomic mass is 9.88. The summed E-state index contributed by atoms with van der Waals surface area (Å²) >= 11 is 0. The fourth-order valence-corrected chi connectivity index (χ4v) is 3.14. The number of nitrogens with zero attached hydrogens (tertiary/aromatic N) is 2. The molecule has 0 saturated carbocycles. The van der Waals surface area contributed by atoms with Crippen LogP contribution in [0.5, 0.6) is 0 Å². The molecule has 1 aliphatic heterocycles. The highest BCUT2D eigenvalue weighted by molar-refractivity contribution is 5.73. The molecule has 7 nitrogen and oxygen atoms in total. The van der Waals surface area contributed by atoms with E-state index in [0.29, 0.717) is 13.0 Å². The Labute approximate surface area is 161 Å². The van der Waals surface area contributed by atoms with Gasteiger partial charge in [-0.15, -0.1) is 0 Å². The molecule has 7 heteroatoms. The van der Waals surface area contributed by atoms with E-state index in [1.54, 1.807) is 50.2 Å². The zero-order valence-electron chi connectivity index (χ0n) is 17.2. The third kappa shape index (κ3) is 5.58. The number of amides is 2. The predicted octanol–water partition coefficient (Wildman–Crippen LogP) is 4.18. The summed E-state index contributed by atoms with van der Waals surface area (Å²) in [6.45, 7) is 11.4. The number of rotatable bonds is 2. The second kappa shape index (κ2) is 7.74. The maximum absolute atomic E-state index is 13.0. The van der Waals surface area contributed by atoms with Crippen LogP contribution in [0.15, 0.2) is 24.5 Å². The molecule has 1 N–H and O–H groups in total. The molecule has 1 saturated heterocycles. The number of alkyl carbamates (subject to hydrolysis) is 1. The normalized spacial score (nSPS) is 20.7. The SMILES string of the molecule is CC(C)(C)OC(=O)NC1(c2ccncc2)CCCCN1C(=O)OC(C)(C)C. The molecule has 1 fully saturated rings. The summed E-state index contributed by atoms with van der Waals surface area (Å²) in [5.41, 5.74) is -1.54. The van der Waals surface area contributed by atoms with Crippen molar-refractivity contribution >= 4 is 12.2 Å². The van der Waals surface area contributed by atoms with Crippen molar-refractivity contribution in [2.24, 2.45) is 0 Å². The first kappa shape index (κ1) is 21.0. The molecular formula is C20H31N3O4. The van der Waals surface area contributed by atoms with Gasteiger partial charge in [-0.25, -0.2) is 9.59 Å². The van der Waals surface area contributed by atoms with E-state index >= 15 is 0 Å². The lowest BCUT2D eigenvalue weighted by Crippen LogP contribution is -2.63. The molecule has 150 valence electrons. The van der Waals surface area contributed by atoms with E-state index in [9.17, 15) is 9.59 Å². The summed E-state index contributed by atoms with van der Waals surface area (Å²) in [4.78, 5) is 31.3. The quantitative estimate of drug-likeness (QED) is 0.836. The zero-order chi connectivity index (χ0) is 20.3. The molecule has 1 aromatic heterocycles. The van der Waals surface area contributed by atoms with Crippen LogP contribution in [0.1, 0.15) is 66.4 Å². The number of carbonyl (C=O) groups is 2. The minimum absolute atomic E-state index is 0.463. The molecule has 0 bridgehead atoms. The van der Waals surface area contributed by atoms with Gasteiger partial charge in [0, 0.05) is 24.5 Å². The molecule has 0 aromatic carbocycles. The van der Waals surface area contributed by atoms with E-state index in [1.807, 2.05) is 20.8 Å². The fraction of sp³-hybridized carbons (Fsp3) is 0.650. The summed E-state index contributed by atoms with van der Waals surface area (Å²) in [7, 11) is 0. The van der Waals surface area contributed by atoms with Crippen molar-refractivity contribution in [2.45, 2.75) is 77.7 Å². The Morgan fingerprint density at radius 1 is 1.04 bits per heavy atom. The van der Waals surface area contributed by atoms with Crippen LogP contribution in [-0.4, -0.2) is 39.8 Å². The number of piperidine rings is 1. The van der Waals surface area contributed by atoms with Crippen molar-refractivity contribution in [3.63, 3.8) is 0 Å². The topological polar surface area (TPSA) is 80.8 Å². The number of hydrogen-bond donors (Lipinski definition) is 1. The molecule has 2 heterocycles. The number of ether oxygens (including phenoxy) is 2. The molecule has 0 aliphatic carbocycles. The van der Waals surface area contributed by atoms with Crippen LogP contribution in [0.4, 0.5) is 9.59 Å². The predicted molar refractivity (Wildman–Crippen MR) is 102 cm³/mol. The average Bonchev–Trinajstić information content (AvgIpc) is 2.52. The number of carbonyl (C=O) groups excluding carboxylic acids is 2. The Bertz CT molecular complexity index is 664. The van der Waals surface area contributed by atoms with Gasteiger partial charge >= 0.3 is 12.2 Å². The Morgan fingerprint density at radius 2 is 1.63 bits per heavy atom. The van der Waals surface area contributed by atoms with Gasteiger partial charge in [0.05, 0.1) is 0 Å². The highest BCUT2D eigenvalue weighted by atomic mass is 16.6. The maximum atomic E-state index is 13.0. The molecule has 1 atom stereocenters. The van der Waals surface area contributed by atoms with Crippen molar-refractivity contribution < 1.29 is 19.1 Å². The van der Waals surface area contributed by atoms with E-state index in [-0.39, 0.29) is 0 Å². The first-order valence-corrected chi connectivity index (χ1v) is 9.35. The van der Waals surface area contributed by atoms with E-state index in [2.05, 4.69) is 10.3 Å². The van der Waals surface area contributed by atoms with Crippen molar-refractivity contribution in [1.29, 1.82) is 0 Å². The van der Waals surface area contributed by atoms with Gasteiger partial charge in [-0.1, -0.05) is 0 Å². The van der Waals surface area contributed by atoms with Gasteiger partial charge in [0.2, 0.25) is 0 Å². The highest BCUT2D eigenvalue weighted by Gasteiger charge is 2.46. The summed E-state index contributed by atoms with van der Waals surface area (Å²) < 4.78 is 11.1.